The molecule has 1 heterocycles. The van der Waals surface area contributed by atoms with E-state index in [1.54, 1.807) is 17.2 Å². The normalized spacial score (nSPS) is 10.3. The van der Waals surface area contributed by atoms with Crippen molar-refractivity contribution in [1.29, 1.82) is 0 Å². The number of halogens is 1. The highest BCUT2D eigenvalue weighted by molar-refractivity contribution is 5.91. The van der Waals surface area contributed by atoms with E-state index in [0.717, 1.165) is 23.8 Å². The number of Topliss-reactive ketones (excluding diaryl/α,β-unsaturated/α-hetero) is 1. The fourth-order valence-corrected chi connectivity index (χ4v) is 2.71. The lowest BCUT2D eigenvalue weighted by Gasteiger charge is -2.21. The van der Waals surface area contributed by atoms with Crippen LogP contribution in [0.3, 0.4) is 0 Å². The number of ketones is 1. The minimum absolute atomic E-state index is 0.0680. The topological polar surface area (TPSA) is 53.2 Å². The predicted octanol–water partition coefficient (Wildman–Crippen LogP) is 4.48. The number of hydrogen-bond acceptors (Lipinski definition) is 2. The van der Waals surface area contributed by atoms with Crippen LogP contribution in [0.5, 0.6) is 0 Å². The molecular formula is C20H29FN2O2. The average molecular weight is 348 g/mol. The number of aromatic amines is 1. The van der Waals surface area contributed by atoms with Gasteiger partial charge in [0.1, 0.15) is 5.82 Å². The van der Waals surface area contributed by atoms with Gasteiger partial charge in [-0.2, -0.15) is 0 Å². The van der Waals surface area contributed by atoms with Crippen LogP contribution in [0, 0.1) is 5.82 Å². The standard InChI is InChI=1S/C18H23FN2O2.C2H6/c1-3-5-15(22)12-21(8-4-2)18(23)9-13-11-20-17-10-14(19)6-7-16(13)17;1-2/h6-7,10-11,20H,3-5,8-9,12H2,1-2H3;1-2H3. The summed E-state index contributed by atoms with van der Waals surface area (Å²) >= 11 is 0. The number of nitrogens with zero attached hydrogens (tertiary/aromatic N) is 1. The summed E-state index contributed by atoms with van der Waals surface area (Å²) in [6.45, 7) is 8.69. The fraction of sp³-hybridized carbons (Fsp3) is 0.500. The molecule has 5 heteroatoms. The Kier molecular flexibility index (Phi) is 8.89. The second kappa shape index (κ2) is 10.6. The van der Waals surface area contributed by atoms with Crippen LogP contribution in [0.15, 0.2) is 24.4 Å². The highest BCUT2D eigenvalue weighted by Crippen LogP contribution is 2.20. The summed E-state index contributed by atoms with van der Waals surface area (Å²) in [6.07, 6.45) is 4.05. The lowest BCUT2D eigenvalue weighted by molar-refractivity contribution is -0.134. The van der Waals surface area contributed by atoms with Crippen molar-refractivity contribution in [2.75, 3.05) is 13.1 Å². The lowest BCUT2D eigenvalue weighted by Crippen LogP contribution is -2.37. The predicted molar refractivity (Wildman–Crippen MR) is 100 cm³/mol. The van der Waals surface area contributed by atoms with Crippen LogP contribution >= 0.6 is 0 Å². The molecule has 1 aromatic heterocycles. The van der Waals surface area contributed by atoms with E-state index >= 15 is 0 Å². The third-order valence-corrected chi connectivity index (χ3v) is 3.81. The van der Waals surface area contributed by atoms with Crippen molar-refractivity contribution < 1.29 is 14.0 Å². The Hall–Kier alpha value is -2.17. The minimum atomic E-state index is -0.310. The van der Waals surface area contributed by atoms with Crippen molar-refractivity contribution in [2.45, 2.75) is 53.4 Å². The molecule has 2 aromatic rings. The van der Waals surface area contributed by atoms with Crippen LogP contribution in [-0.4, -0.2) is 34.7 Å². The second-order valence-corrected chi connectivity index (χ2v) is 5.78. The molecule has 0 spiro atoms. The first-order chi connectivity index (χ1) is 12.0. The molecule has 2 rings (SSSR count). The van der Waals surface area contributed by atoms with Gasteiger partial charge in [-0.1, -0.05) is 27.7 Å². The molecule has 0 radical (unpaired) electrons. The van der Waals surface area contributed by atoms with Crippen molar-refractivity contribution in [3.8, 4) is 0 Å². The molecule has 138 valence electrons. The van der Waals surface area contributed by atoms with Gasteiger partial charge in [0.15, 0.2) is 5.78 Å². The van der Waals surface area contributed by atoms with E-state index in [4.69, 9.17) is 0 Å². The Labute approximate surface area is 149 Å². The summed E-state index contributed by atoms with van der Waals surface area (Å²) in [4.78, 5) is 29.0. The van der Waals surface area contributed by atoms with Gasteiger partial charge in [0, 0.05) is 30.1 Å². The SMILES string of the molecule is CC.CCCC(=O)CN(CCC)C(=O)Cc1c[nH]c2cc(F)ccc12. The molecule has 0 fully saturated rings. The first-order valence-corrected chi connectivity index (χ1v) is 9.10. The molecule has 4 nitrogen and oxygen atoms in total. The van der Waals surface area contributed by atoms with E-state index in [0.29, 0.717) is 18.5 Å². The number of nitrogens with one attached hydrogen (secondary N) is 1. The molecule has 0 aliphatic heterocycles. The van der Waals surface area contributed by atoms with Gasteiger partial charge >= 0.3 is 0 Å². The van der Waals surface area contributed by atoms with Gasteiger partial charge in [-0.3, -0.25) is 9.59 Å². The average Bonchev–Trinajstić information content (AvgIpc) is 2.98. The highest BCUT2D eigenvalue weighted by Gasteiger charge is 2.18. The highest BCUT2D eigenvalue weighted by atomic mass is 19.1. The molecule has 0 saturated carbocycles. The van der Waals surface area contributed by atoms with Crippen LogP contribution in [-0.2, 0) is 16.0 Å². The van der Waals surface area contributed by atoms with Crippen LogP contribution < -0.4 is 0 Å². The molecule has 1 N–H and O–H groups in total. The molecule has 0 bridgehead atoms. The molecule has 0 saturated heterocycles. The van der Waals surface area contributed by atoms with E-state index in [1.807, 2.05) is 27.7 Å². The van der Waals surface area contributed by atoms with Crippen molar-refractivity contribution in [3.05, 3.63) is 35.8 Å². The lowest BCUT2D eigenvalue weighted by atomic mass is 10.1. The largest absolute Gasteiger partial charge is 0.361 e. The summed E-state index contributed by atoms with van der Waals surface area (Å²) in [5.41, 5.74) is 1.51. The maximum atomic E-state index is 13.2. The van der Waals surface area contributed by atoms with Crippen molar-refractivity contribution in [2.24, 2.45) is 0 Å². The third-order valence-electron chi connectivity index (χ3n) is 3.81. The fourth-order valence-electron chi connectivity index (χ4n) is 2.71. The number of rotatable bonds is 8. The maximum absolute atomic E-state index is 13.2. The number of carbonyl (C=O) groups is 2. The number of carbonyl (C=O) groups excluding carboxylic acids is 2. The van der Waals surface area contributed by atoms with E-state index < -0.39 is 0 Å². The molecule has 1 aromatic carbocycles. The number of H-pyrrole nitrogens is 1. The third kappa shape index (κ3) is 6.00. The smallest absolute Gasteiger partial charge is 0.227 e. The molecule has 1 amide bonds. The van der Waals surface area contributed by atoms with E-state index in [9.17, 15) is 14.0 Å². The van der Waals surface area contributed by atoms with Gasteiger partial charge < -0.3 is 9.88 Å². The van der Waals surface area contributed by atoms with E-state index in [1.165, 1.54) is 12.1 Å². The molecule has 25 heavy (non-hydrogen) atoms. The van der Waals surface area contributed by atoms with Crippen molar-refractivity contribution >= 4 is 22.6 Å². The summed E-state index contributed by atoms with van der Waals surface area (Å²) in [5.74, 6) is -0.285. The number of hydrogen-bond donors (Lipinski definition) is 1. The summed E-state index contributed by atoms with van der Waals surface area (Å²) < 4.78 is 13.2. The van der Waals surface area contributed by atoms with E-state index in [2.05, 4.69) is 4.98 Å². The van der Waals surface area contributed by atoms with Gasteiger partial charge in [-0.25, -0.2) is 4.39 Å². The Morgan fingerprint density at radius 1 is 1.16 bits per heavy atom. The Morgan fingerprint density at radius 3 is 2.52 bits per heavy atom. The first-order valence-electron chi connectivity index (χ1n) is 9.10. The van der Waals surface area contributed by atoms with Crippen LogP contribution in [0.2, 0.25) is 0 Å². The molecule has 0 atom stereocenters. The molecule has 0 aliphatic rings. The van der Waals surface area contributed by atoms with Gasteiger partial charge in [0.2, 0.25) is 5.91 Å². The zero-order valence-corrected chi connectivity index (χ0v) is 15.7. The Balaban J connectivity index is 0.00000151. The Bertz CT molecular complexity index is 694. The summed E-state index contributed by atoms with van der Waals surface area (Å²) in [7, 11) is 0. The Morgan fingerprint density at radius 2 is 1.88 bits per heavy atom. The molecular weight excluding hydrogens is 319 g/mol. The number of aromatic nitrogens is 1. The second-order valence-electron chi connectivity index (χ2n) is 5.78. The maximum Gasteiger partial charge on any atom is 0.227 e. The quantitative estimate of drug-likeness (QED) is 0.764. The van der Waals surface area contributed by atoms with Gasteiger partial charge in [-0.15, -0.1) is 0 Å². The van der Waals surface area contributed by atoms with Crippen molar-refractivity contribution in [3.63, 3.8) is 0 Å². The van der Waals surface area contributed by atoms with Gasteiger partial charge in [0.05, 0.1) is 13.0 Å². The molecule has 0 unspecified atom stereocenters. The molecule has 0 aliphatic carbocycles. The van der Waals surface area contributed by atoms with E-state index in [-0.39, 0.29) is 30.5 Å². The number of fused-ring (bicyclic) bond motifs is 1. The number of benzene rings is 1. The zero-order chi connectivity index (χ0) is 18.8. The monoisotopic (exact) mass is 348 g/mol. The van der Waals surface area contributed by atoms with Crippen LogP contribution in [0.4, 0.5) is 4.39 Å². The van der Waals surface area contributed by atoms with Crippen molar-refractivity contribution in [1.82, 2.24) is 9.88 Å². The van der Waals surface area contributed by atoms with Gasteiger partial charge in [0.25, 0.3) is 0 Å². The van der Waals surface area contributed by atoms with Gasteiger partial charge in [-0.05, 0) is 36.6 Å². The zero-order valence-electron chi connectivity index (χ0n) is 15.7. The summed E-state index contributed by atoms with van der Waals surface area (Å²) in [6, 6.07) is 4.48. The van der Waals surface area contributed by atoms with Crippen LogP contribution in [0.1, 0.15) is 52.5 Å². The first kappa shape index (κ1) is 20.9. The number of amides is 1. The minimum Gasteiger partial charge on any atom is -0.361 e. The van der Waals surface area contributed by atoms with Crippen LogP contribution in [0.25, 0.3) is 10.9 Å². The summed E-state index contributed by atoms with van der Waals surface area (Å²) in [5, 5.41) is 0.844.